The molecule has 1 aliphatic carbocycles. The van der Waals surface area contributed by atoms with Gasteiger partial charge in [0.2, 0.25) is 5.78 Å². The normalized spacial score (nSPS) is 27.0. The smallest absolute Gasteiger partial charge is 0.201 e. The summed E-state index contributed by atoms with van der Waals surface area (Å²) in [5, 5.41) is 12.6. The van der Waals surface area contributed by atoms with Crippen LogP contribution in [0.5, 0.6) is 0 Å². The summed E-state index contributed by atoms with van der Waals surface area (Å²) < 4.78 is 5.87. The number of nitriles is 1. The molecular weight excluding hydrogens is 316 g/mol. The number of nitrogens with one attached hydrogen (secondary N) is 1. The van der Waals surface area contributed by atoms with Gasteiger partial charge >= 0.3 is 0 Å². The van der Waals surface area contributed by atoms with Crippen molar-refractivity contribution in [2.75, 3.05) is 5.32 Å². The Labute approximate surface area is 146 Å². The van der Waals surface area contributed by atoms with E-state index in [2.05, 4.69) is 5.32 Å². The third-order valence-electron chi connectivity index (χ3n) is 4.65. The van der Waals surface area contributed by atoms with E-state index in [1.54, 1.807) is 26.8 Å². The Morgan fingerprint density at radius 3 is 2.44 bits per heavy atom. The van der Waals surface area contributed by atoms with Crippen LogP contribution in [0.4, 0.5) is 5.69 Å². The van der Waals surface area contributed by atoms with Gasteiger partial charge in [-0.1, -0.05) is 18.2 Å². The maximum atomic E-state index is 13.2. The van der Waals surface area contributed by atoms with Crippen LogP contribution in [0.3, 0.4) is 0 Å². The molecule has 0 aromatic heterocycles. The lowest BCUT2D eigenvalue weighted by molar-refractivity contribution is -0.149. The van der Waals surface area contributed by atoms with E-state index < -0.39 is 17.1 Å². The van der Waals surface area contributed by atoms with Crippen molar-refractivity contribution in [1.29, 1.82) is 5.26 Å². The van der Waals surface area contributed by atoms with Crippen LogP contribution in [0.15, 0.2) is 59.4 Å². The van der Waals surface area contributed by atoms with Crippen LogP contribution in [0.1, 0.15) is 20.8 Å². The van der Waals surface area contributed by atoms with Crippen LogP contribution in [0, 0.1) is 17.2 Å². The minimum absolute atomic E-state index is 0.134. The molecule has 1 heterocycles. The summed E-state index contributed by atoms with van der Waals surface area (Å²) in [4.78, 5) is 24.8. The Kier molecular flexibility index (Phi) is 3.87. The SMILES string of the molecule is CC1(C)OC2=CC=C(C#N)C(=C=O)C2C(C)(Nc2ccccc2)C1=O. The van der Waals surface area contributed by atoms with Crippen LogP contribution < -0.4 is 5.32 Å². The van der Waals surface area contributed by atoms with E-state index in [0.717, 1.165) is 5.69 Å². The molecule has 126 valence electrons. The second-order valence-electron chi connectivity index (χ2n) is 6.84. The topological polar surface area (TPSA) is 79.2 Å². The van der Waals surface area contributed by atoms with Gasteiger partial charge in [-0.3, -0.25) is 4.79 Å². The fraction of sp³-hybridized carbons (Fsp3) is 0.300. The minimum Gasteiger partial charge on any atom is -0.484 e. The number of benzene rings is 1. The molecule has 0 bridgehead atoms. The lowest BCUT2D eigenvalue weighted by Crippen LogP contribution is -2.63. The zero-order valence-corrected chi connectivity index (χ0v) is 14.3. The molecular formula is C20H18N2O3. The summed E-state index contributed by atoms with van der Waals surface area (Å²) in [5.74, 6) is 1.42. The number of rotatable bonds is 2. The molecule has 3 rings (SSSR count). The van der Waals surface area contributed by atoms with Crippen LogP contribution in [0.25, 0.3) is 0 Å². The molecule has 0 amide bonds. The Bertz CT molecular complexity index is 883. The summed E-state index contributed by atoms with van der Waals surface area (Å²) in [6.07, 6.45) is 3.18. The highest BCUT2D eigenvalue weighted by Gasteiger charge is 2.58. The van der Waals surface area contributed by atoms with E-state index in [0.29, 0.717) is 5.76 Å². The van der Waals surface area contributed by atoms with E-state index in [1.165, 1.54) is 6.08 Å². The van der Waals surface area contributed by atoms with Crippen molar-refractivity contribution in [2.45, 2.75) is 31.9 Å². The fourth-order valence-electron chi connectivity index (χ4n) is 3.57. The van der Waals surface area contributed by atoms with E-state index >= 15 is 0 Å². The largest absolute Gasteiger partial charge is 0.484 e. The lowest BCUT2D eigenvalue weighted by atomic mass is 9.67. The molecule has 1 saturated heterocycles. The van der Waals surface area contributed by atoms with Gasteiger partial charge in [0, 0.05) is 5.69 Å². The average molecular weight is 334 g/mol. The lowest BCUT2D eigenvalue weighted by Gasteiger charge is -2.49. The van der Waals surface area contributed by atoms with Crippen molar-refractivity contribution in [2.24, 2.45) is 5.92 Å². The highest BCUT2D eigenvalue weighted by atomic mass is 16.5. The number of ketones is 1. The van der Waals surface area contributed by atoms with Crippen LogP contribution in [-0.2, 0) is 14.3 Å². The standard InChI is InChI=1S/C20H18N2O3/c1-19(2)18(24)20(3,22-14-7-5-4-6-8-14)17-15(12-23)13(11-21)9-10-16(17)25-19/h4-10,17,22H,1-3H3. The summed E-state index contributed by atoms with van der Waals surface area (Å²) in [5.41, 5.74) is -1.15. The van der Waals surface area contributed by atoms with Gasteiger partial charge < -0.3 is 10.1 Å². The van der Waals surface area contributed by atoms with Gasteiger partial charge in [-0.15, -0.1) is 0 Å². The van der Waals surface area contributed by atoms with Crippen molar-refractivity contribution in [3.63, 3.8) is 0 Å². The second kappa shape index (κ2) is 5.77. The summed E-state index contributed by atoms with van der Waals surface area (Å²) in [6.45, 7) is 5.14. The van der Waals surface area contributed by atoms with E-state index in [-0.39, 0.29) is 16.9 Å². The van der Waals surface area contributed by atoms with Gasteiger partial charge in [-0.2, -0.15) is 5.26 Å². The predicted octanol–water partition coefficient (Wildman–Crippen LogP) is 2.96. The molecule has 5 heteroatoms. The zero-order chi connectivity index (χ0) is 18.2. The number of hydrogen-bond acceptors (Lipinski definition) is 5. The van der Waals surface area contributed by atoms with Crippen molar-refractivity contribution in [3.8, 4) is 6.07 Å². The number of anilines is 1. The monoisotopic (exact) mass is 334 g/mol. The van der Waals surface area contributed by atoms with Gasteiger partial charge in [-0.25, -0.2) is 4.79 Å². The van der Waals surface area contributed by atoms with Crippen molar-refractivity contribution < 1.29 is 14.3 Å². The molecule has 1 aromatic rings. The molecule has 0 saturated carbocycles. The van der Waals surface area contributed by atoms with Gasteiger partial charge in [0.1, 0.15) is 23.3 Å². The number of carbonyl (C=O) groups excluding carboxylic acids is 2. The fourth-order valence-corrected chi connectivity index (χ4v) is 3.57. The van der Waals surface area contributed by atoms with Crippen LogP contribution >= 0.6 is 0 Å². The van der Waals surface area contributed by atoms with Crippen LogP contribution in [-0.4, -0.2) is 22.9 Å². The predicted molar refractivity (Wildman–Crippen MR) is 93.1 cm³/mol. The number of allylic oxidation sites excluding steroid dienone is 3. The highest BCUT2D eigenvalue weighted by molar-refractivity contribution is 6.00. The average Bonchev–Trinajstić information content (AvgIpc) is 2.59. The minimum atomic E-state index is -1.15. The Morgan fingerprint density at radius 1 is 1.16 bits per heavy atom. The summed E-state index contributed by atoms with van der Waals surface area (Å²) in [6, 6.07) is 11.3. The molecule has 0 spiro atoms. The number of ether oxygens (including phenoxy) is 1. The summed E-state index contributed by atoms with van der Waals surface area (Å²) in [7, 11) is 0. The third-order valence-corrected chi connectivity index (χ3v) is 4.65. The first-order valence-corrected chi connectivity index (χ1v) is 7.98. The van der Waals surface area contributed by atoms with E-state index in [9.17, 15) is 14.9 Å². The van der Waals surface area contributed by atoms with Crippen LogP contribution in [0.2, 0.25) is 0 Å². The maximum Gasteiger partial charge on any atom is 0.201 e. The Balaban J connectivity index is 2.18. The quantitative estimate of drug-likeness (QED) is 0.841. The Hall–Kier alpha value is -3.09. The molecule has 2 aliphatic rings. The van der Waals surface area contributed by atoms with E-state index in [4.69, 9.17) is 4.74 Å². The van der Waals surface area contributed by atoms with Gasteiger partial charge in [0.25, 0.3) is 0 Å². The first-order chi connectivity index (χ1) is 11.8. The summed E-state index contributed by atoms with van der Waals surface area (Å²) >= 11 is 0. The number of fused-ring (bicyclic) bond motifs is 1. The highest BCUT2D eigenvalue weighted by Crippen LogP contribution is 2.47. The first-order valence-electron chi connectivity index (χ1n) is 7.98. The number of carbonyl (C=O) groups is 1. The molecule has 2 atom stereocenters. The number of hydrogen-bond donors (Lipinski definition) is 1. The number of para-hydroxylation sites is 1. The molecule has 1 N–H and O–H groups in total. The molecule has 1 fully saturated rings. The number of Topliss-reactive ketones (excluding diaryl/α,β-unsaturated/α-hetero) is 1. The maximum absolute atomic E-state index is 13.2. The molecule has 25 heavy (non-hydrogen) atoms. The number of nitrogens with zero attached hydrogens (tertiary/aromatic N) is 1. The Morgan fingerprint density at radius 2 is 1.84 bits per heavy atom. The van der Waals surface area contributed by atoms with Crippen molar-refractivity contribution >= 4 is 17.4 Å². The third kappa shape index (κ3) is 2.57. The molecule has 1 aliphatic heterocycles. The first kappa shape index (κ1) is 16.8. The zero-order valence-electron chi connectivity index (χ0n) is 14.3. The van der Waals surface area contributed by atoms with Crippen molar-refractivity contribution in [1.82, 2.24) is 0 Å². The van der Waals surface area contributed by atoms with Gasteiger partial charge in [0.05, 0.1) is 17.1 Å². The van der Waals surface area contributed by atoms with E-state index in [1.807, 2.05) is 42.3 Å². The molecule has 0 radical (unpaired) electrons. The second-order valence-corrected chi connectivity index (χ2v) is 6.84. The molecule has 5 nitrogen and oxygen atoms in total. The van der Waals surface area contributed by atoms with Crippen molar-refractivity contribution in [3.05, 3.63) is 59.4 Å². The molecule has 1 aromatic carbocycles. The van der Waals surface area contributed by atoms with Gasteiger partial charge in [-0.05, 0) is 45.1 Å². The molecule has 2 unspecified atom stereocenters. The van der Waals surface area contributed by atoms with Gasteiger partial charge in [0.15, 0.2) is 5.60 Å².